The van der Waals surface area contributed by atoms with Gasteiger partial charge in [0.1, 0.15) is 4.90 Å². The van der Waals surface area contributed by atoms with Crippen LogP contribution in [0, 0.1) is 0 Å². The fraction of sp³-hybridized carbons (Fsp3) is 0.769. The minimum atomic E-state index is -3.42. The van der Waals surface area contributed by atoms with Gasteiger partial charge in [0.25, 0.3) is 0 Å². The van der Waals surface area contributed by atoms with Crippen LogP contribution in [0.2, 0.25) is 0 Å². The van der Waals surface area contributed by atoms with E-state index in [9.17, 15) is 8.42 Å². The molecule has 1 aliphatic carbocycles. The molecule has 1 saturated carbocycles. The average Bonchev–Trinajstić information content (AvgIpc) is 3.20. The summed E-state index contributed by atoms with van der Waals surface area (Å²) in [4.78, 5) is 0.277. The molecule has 0 unspecified atom stereocenters. The Morgan fingerprint density at radius 3 is 2.81 bits per heavy atom. The van der Waals surface area contributed by atoms with Crippen LogP contribution in [0.4, 0.5) is 0 Å². The van der Waals surface area contributed by atoms with Crippen molar-refractivity contribution in [3.8, 4) is 0 Å². The van der Waals surface area contributed by atoms with Crippen LogP contribution in [0.1, 0.15) is 19.3 Å². The van der Waals surface area contributed by atoms with E-state index in [1.54, 1.807) is 10.9 Å². The summed E-state index contributed by atoms with van der Waals surface area (Å²) in [6.07, 6.45) is 6.59. The van der Waals surface area contributed by atoms with Gasteiger partial charge >= 0.3 is 0 Å². The highest BCUT2D eigenvalue weighted by Gasteiger charge is 2.27. The molecule has 1 aromatic rings. The van der Waals surface area contributed by atoms with Crippen molar-refractivity contribution in [3.63, 3.8) is 0 Å². The monoisotopic (exact) mass is 314 g/mol. The number of rotatable bonds is 7. The maximum Gasteiger partial charge on any atom is 0.246 e. The summed E-state index contributed by atoms with van der Waals surface area (Å²) in [7, 11) is -3.42. The first-order chi connectivity index (χ1) is 10.2. The molecule has 0 aromatic carbocycles. The Kier molecular flexibility index (Phi) is 4.58. The SMILES string of the molecule is O=S(=O)(c1cnn(CCCNC2CC2)c1)N1CCOCC1. The summed E-state index contributed by atoms with van der Waals surface area (Å²) in [6.45, 7) is 3.44. The lowest BCUT2D eigenvalue weighted by molar-refractivity contribution is 0.0730. The predicted octanol–water partition coefficient (Wildman–Crippen LogP) is 0.0461. The Morgan fingerprint density at radius 2 is 2.10 bits per heavy atom. The van der Waals surface area contributed by atoms with Gasteiger partial charge in [0.2, 0.25) is 10.0 Å². The van der Waals surface area contributed by atoms with Crippen molar-refractivity contribution in [2.24, 2.45) is 0 Å². The van der Waals surface area contributed by atoms with Crippen molar-refractivity contribution in [2.75, 3.05) is 32.8 Å². The minimum Gasteiger partial charge on any atom is -0.379 e. The van der Waals surface area contributed by atoms with Gasteiger partial charge in [-0.05, 0) is 25.8 Å². The minimum absolute atomic E-state index is 0.277. The lowest BCUT2D eigenvalue weighted by atomic mass is 10.4. The van der Waals surface area contributed by atoms with E-state index in [1.165, 1.54) is 23.3 Å². The molecule has 0 atom stereocenters. The Hall–Kier alpha value is -0.960. The fourth-order valence-corrected chi connectivity index (χ4v) is 3.73. The second-order valence-electron chi connectivity index (χ2n) is 5.54. The molecule has 1 aliphatic heterocycles. The van der Waals surface area contributed by atoms with Gasteiger partial charge in [-0.25, -0.2) is 8.42 Å². The molecule has 0 radical (unpaired) electrons. The number of hydrogen-bond acceptors (Lipinski definition) is 5. The number of hydrogen-bond donors (Lipinski definition) is 1. The van der Waals surface area contributed by atoms with Gasteiger partial charge in [-0.3, -0.25) is 4.68 Å². The molecule has 2 fully saturated rings. The van der Waals surface area contributed by atoms with Gasteiger partial charge in [0.05, 0.1) is 19.4 Å². The zero-order chi connectivity index (χ0) is 14.7. The van der Waals surface area contributed by atoms with Gasteiger partial charge in [-0.2, -0.15) is 9.40 Å². The van der Waals surface area contributed by atoms with E-state index < -0.39 is 10.0 Å². The number of aromatic nitrogens is 2. The van der Waals surface area contributed by atoms with Crippen molar-refractivity contribution < 1.29 is 13.2 Å². The quantitative estimate of drug-likeness (QED) is 0.720. The van der Waals surface area contributed by atoms with Crippen molar-refractivity contribution >= 4 is 10.0 Å². The van der Waals surface area contributed by atoms with Crippen LogP contribution < -0.4 is 5.32 Å². The zero-order valence-corrected chi connectivity index (χ0v) is 12.9. The standard InChI is InChI=1S/C13H22N4O3S/c18-21(19,17-6-8-20-9-7-17)13-10-15-16(11-13)5-1-4-14-12-2-3-12/h10-12,14H,1-9H2. The Labute approximate surface area is 125 Å². The summed E-state index contributed by atoms with van der Waals surface area (Å²) in [6, 6.07) is 0.708. The normalized spacial score (nSPS) is 20.8. The second-order valence-corrected chi connectivity index (χ2v) is 7.48. The Morgan fingerprint density at radius 1 is 1.33 bits per heavy atom. The molecule has 118 valence electrons. The topological polar surface area (TPSA) is 76.5 Å². The molecule has 1 N–H and O–H groups in total. The van der Waals surface area contributed by atoms with Crippen LogP contribution in [-0.2, 0) is 21.3 Å². The van der Waals surface area contributed by atoms with Gasteiger partial charge in [-0.1, -0.05) is 0 Å². The lowest BCUT2D eigenvalue weighted by Crippen LogP contribution is -2.40. The molecule has 0 spiro atoms. The van der Waals surface area contributed by atoms with E-state index in [0.29, 0.717) is 32.3 Å². The maximum atomic E-state index is 12.4. The van der Waals surface area contributed by atoms with E-state index >= 15 is 0 Å². The number of sulfonamides is 1. The van der Waals surface area contributed by atoms with Crippen molar-refractivity contribution in [1.82, 2.24) is 19.4 Å². The highest BCUT2D eigenvalue weighted by atomic mass is 32.2. The summed E-state index contributed by atoms with van der Waals surface area (Å²) in [5, 5.41) is 7.60. The summed E-state index contributed by atoms with van der Waals surface area (Å²) in [5.74, 6) is 0. The predicted molar refractivity (Wildman–Crippen MR) is 77.4 cm³/mol. The van der Waals surface area contributed by atoms with E-state index in [2.05, 4.69) is 10.4 Å². The second kappa shape index (κ2) is 6.43. The number of aryl methyl sites for hydroxylation is 1. The third-order valence-electron chi connectivity index (χ3n) is 3.79. The van der Waals surface area contributed by atoms with Crippen LogP contribution in [0.5, 0.6) is 0 Å². The molecule has 0 amide bonds. The molecule has 1 aromatic heterocycles. The third-order valence-corrected chi connectivity index (χ3v) is 5.64. The smallest absolute Gasteiger partial charge is 0.246 e. The van der Waals surface area contributed by atoms with E-state index in [-0.39, 0.29) is 4.90 Å². The van der Waals surface area contributed by atoms with E-state index in [0.717, 1.165) is 19.5 Å². The van der Waals surface area contributed by atoms with Crippen LogP contribution >= 0.6 is 0 Å². The largest absolute Gasteiger partial charge is 0.379 e. The number of nitrogens with one attached hydrogen (secondary N) is 1. The molecule has 0 bridgehead atoms. The Bertz CT molecular complexity index is 562. The lowest BCUT2D eigenvalue weighted by Gasteiger charge is -2.25. The Balaban J connectivity index is 1.55. The van der Waals surface area contributed by atoms with Gasteiger partial charge < -0.3 is 10.1 Å². The first kappa shape index (κ1) is 15.0. The van der Waals surface area contributed by atoms with Crippen molar-refractivity contribution in [1.29, 1.82) is 0 Å². The number of morpholine rings is 1. The van der Waals surface area contributed by atoms with Crippen LogP contribution in [-0.4, -0.2) is 61.4 Å². The molecule has 8 heteroatoms. The van der Waals surface area contributed by atoms with Gasteiger partial charge in [0.15, 0.2) is 0 Å². The molecule has 3 rings (SSSR count). The number of nitrogens with zero attached hydrogens (tertiary/aromatic N) is 3. The maximum absolute atomic E-state index is 12.4. The molecule has 2 aliphatic rings. The molecule has 1 saturated heterocycles. The molecule has 2 heterocycles. The summed E-state index contributed by atoms with van der Waals surface area (Å²) in [5.41, 5.74) is 0. The van der Waals surface area contributed by atoms with E-state index in [4.69, 9.17) is 4.74 Å². The number of ether oxygens (including phenoxy) is 1. The van der Waals surface area contributed by atoms with Gasteiger partial charge in [-0.15, -0.1) is 0 Å². The third kappa shape index (κ3) is 3.82. The highest BCUT2D eigenvalue weighted by Crippen LogP contribution is 2.18. The molecule has 7 nitrogen and oxygen atoms in total. The fourth-order valence-electron chi connectivity index (χ4n) is 2.37. The highest BCUT2D eigenvalue weighted by molar-refractivity contribution is 7.89. The average molecular weight is 314 g/mol. The summed E-state index contributed by atoms with van der Waals surface area (Å²) >= 11 is 0. The molecule has 21 heavy (non-hydrogen) atoms. The van der Waals surface area contributed by atoms with Crippen molar-refractivity contribution in [2.45, 2.75) is 36.7 Å². The van der Waals surface area contributed by atoms with E-state index in [1.807, 2.05) is 0 Å². The first-order valence-corrected chi connectivity index (χ1v) is 8.94. The first-order valence-electron chi connectivity index (χ1n) is 7.50. The van der Waals surface area contributed by atoms with Crippen LogP contribution in [0.15, 0.2) is 17.3 Å². The summed E-state index contributed by atoms with van der Waals surface area (Å²) < 4.78 is 33.2. The zero-order valence-electron chi connectivity index (χ0n) is 12.1. The molecular weight excluding hydrogens is 292 g/mol. The van der Waals surface area contributed by atoms with Crippen LogP contribution in [0.3, 0.4) is 0 Å². The molecular formula is C13H22N4O3S. The van der Waals surface area contributed by atoms with Gasteiger partial charge in [0, 0.05) is 31.9 Å². The van der Waals surface area contributed by atoms with Crippen LogP contribution in [0.25, 0.3) is 0 Å². The van der Waals surface area contributed by atoms with Crippen molar-refractivity contribution in [3.05, 3.63) is 12.4 Å².